The van der Waals surface area contributed by atoms with E-state index in [2.05, 4.69) is 15.7 Å². The minimum atomic E-state index is -3.46. The van der Waals surface area contributed by atoms with Gasteiger partial charge in [-0.15, -0.1) is 0 Å². The first-order valence-electron chi connectivity index (χ1n) is 10.1. The van der Waals surface area contributed by atoms with E-state index in [1.807, 2.05) is 37.3 Å². The van der Waals surface area contributed by atoms with E-state index >= 15 is 0 Å². The molecule has 0 aromatic heterocycles. The van der Waals surface area contributed by atoms with Gasteiger partial charge >= 0.3 is 0 Å². The highest BCUT2D eigenvalue weighted by Crippen LogP contribution is 2.21. The highest BCUT2D eigenvalue weighted by molar-refractivity contribution is 7.89. The minimum Gasteiger partial charge on any atom is -0.491 e. The third-order valence-electron chi connectivity index (χ3n) is 5.32. The molecule has 0 unspecified atom stereocenters. The second kappa shape index (κ2) is 10.2. The lowest BCUT2D eigenvalue weighted by Crippen LogP contribution is -2.38. The number of piperidine rings is 1. The van der Waals surface area contributed by atoms with Crippen molar-refractivity contribution in [2.24, 2.45) is 5.92 Å². The lowest BCUT2D eigenvalue weighted by molar-refractivity contribution is 0.178. The van der Waals surface area contributed by atoms with Crippen LogP contribution in [0, 0.1) is 12.8 Å². The zero-order valence-electron chi connectivity index (χ0n) is 16.9. The summed E-state index contributed by atoms with van der Waals surface area (Å²) in [5.41, 5.74) is 1.94. The number of aliphatic hydroxyl groups excluding tert-OH is 1. The first-order valence-corrected chi connectivity index (χ1v) is 11.6. The number of aliphatic hydroxyl groups is 1. The van der Waals surface area contributed by atoms with Crippen molar-refractivity contribution in [3.63, 3.8) is 0 Å². The summed E-state index contributed by atoms with van der Waals surface area (Å²) in [5, 5.41) is 8.88. The Balaban J connectivity index is 1.47. The number of benzene rings is 2. The van der Waals surface area contributed by atoms with Crippen molar-refractivity contribution in [3.05, 3.63) is 59.7 Å². The first-order chi connectivity index (χ1) is 14.0. The van der Waals surface area contributed by atoms with Crippen LogP contribution in [0.25, 0.3) is 0 Å². The molecule has 7 heteroatoms. The number of nitrogens with zero attached hydrogens (tertiary/aromatic N) is 1. The van der Waals surface area contributed by atoms with Gasteiger partial charge < -0.3 is 9.84 Å². The van der Waals surface area contributed by atoms with Gasteiger partial charge in [0.25, 0.3) is 0 Å². The first kappa shape index (κ1) is 21.8. The molecule has 0 saturated carbocycles. The van der Waals surface area contributed by atoms with Gasteiger partial charge in [0.05, 0.1) is 11.5 Å². The third kappa shape index (κ3) is 6.27. The molecule has 1 aliphatic heterocycles. The summed E-state index contributed by atoms with van der Waals surface area (Å²) in [4.78, 5) is 2.75. The van der Waals surface area contributed by atoms with Crippen molar-refractivity contribution in [1.82, 2.24) is 9.62 Å². The smallest absolute Gasteiger partial charge is 0.240 e. The molecule has 0 bridgehead atoms. The molecule has 1 aliphatic rings. The second-order valence-corrected chi connectivity index (χ2v) is 9.29. The largest absolute Gasteiger partial charge is 0.491 e. The molecule has 2 aromatic carbocycles. The van der Waals surface area contributed by atoms with Crippen LogP contribution in [0.3, 0.4) is 0 Å². The standard InChI is InChI=1S/C22H30N2O4S/c1-18-5-2-3-8-22(18)29(26,27)23-16-19-9-11-24(12-10-19)17-20-6-4-7-21(15-20)28-14-13-25/h2-8,15,19,23,25H,9-14,16-17H2,1H3. The second-order valence-electron chi connectivity index (χ2n) is 7.56. The quantitative estimate of drug-likeness (QED) is 0.654. The molecule has 0 aliphatic carbocycles. The molecule has 0 radical (unpaired) electrons. The Bertz CT molecular complexity index is 893. The lowest BCUT2D eigenvalue weighted by Gasteiger charge is -2.32. The summed E-state index contributed by atoms with van der Waals surface area (Å²) in [6.07, 6.45) is 1.94. The molecule has 1 saturated heterocycles. The number of rotatable bonds is 9. The number of nitrogens with one attached hydrogen (secondary N) is 1. The molecule has 158 valence electrons. The van der Waals surface area contributed by atoms with Crippen molar-refractivity contribution in [1.29, 1.82) is 0 Å². The highest BCUT2D eigenvalue weighted by Gasteiger charge is 2.22. The minimum absolute atomic E-state index is 0.00530. The number of likely N-dealkylation sites (tertiary alicyclic amines) is 1. The predicted molar refractivity (Wildman–Crippen MR) is 113 cm³/mol. The van der Waals surface area contributed by atoms with Gasteiger partial charge in [-0.25, -0.2) is 13.1 Å². The van der Waals surface area contributed by atoms with E-state index in [-0.39, 0.29) is 6.61 Å². The van der Waals surface area contributed by atoms with Gasteiger partial charge in [-0.2, -0.15) is 0 Å². The van der Waals surface area contributed by atoms with Gasteiger partial charge in [-0.1, -0.05) is 30.3 Å². The maximum Gasteiger partial charge on any atom is 0.240 e. The molecule has 2 N–H and O–H groups in total. The van der Waals surface area contributed by atoms with E-state index in [0.717, 1.165) is 43.8 Å². The van der Waals surface area contributed by atoms with E-state index in [9.17, 15) is 8.42 Å². The molecule has 1 heterocycles. The summed E-state index contributed by atoms with van der Waals surface area (Å²) in [6, 6.07) is 15.0. The number of hydrogen-bond acceptors (Lipinski definition) is 5. The fraction of sp³-hybridized carbons (Fsp3) is 0.455. The molecular weight excluding hydrogens is 388 g/mol. The Morgan fingerprint density at radius 3 is 2.62 bits per heavy atom. The van der Waals surface area contributed by atoms with Crippen LogP contribution in [0.4, 0.5) is 0 Å². The van der Waals surface area contributed by atoms with E-state index in [4.69, 9.17) is 9.84 Å². The summed E-state index contributed by atoms with van der Waals surface area (Å²) in [7, 11) is -3.46. The Kier molecular flexibility index (Phi) is 7.66. The Morgan fingerprint density at radius 2 is 1.90 bits per heavy atom. The van der Waals surface area contributed by atoms with E-state index < -0.39 is 10.0 Å². The van der Waals surface area contributed by atoms with Crippen molar-refractivity contribution in [2.75, 3.05) is 32.8 Å². The zero-order valence-corrected chi connectivity index (χ0v) is 17.7. The molecule has 29 heavy (non-hydrogen) atoms. The molecule has 0 atom stereocenters. The fourth-order valence-electron chi connectivity index (χ4n) is 3.67. The number of ether oxygens (including phenoxy) is 1. The van der Waals surface area contributed by atoms with Gasteiger partial charge in [0.15, 0.2) is 0 Å². The van der Waals surface area contributed by atoms with E-state index in [0.29, 0.717) is 24.0 Å². The van der Waals surface area contributed by atoms with Crippen molar-refractivity contribution < 1.29 is 18.3 Å². The van der Waals surface area contributed by atoms with Gasteiger partial charge in [0.2, 0.25) is 10.0 Å². The predicted octanol–water partition coefficient (Wildman–Crippen LogP) is 2.56. The van der Waals surface area contributed by atoms with Gasteiger partial charge in [-0.05, 0) is 68.1 Å². The monoisotopic (exact) mass is 418 g/mol. The molecular formula is C22H30N2O4S. The molecule has 3 rings (SSSR count). The summed E-state index contributed by atoms with van der Waals surface area (Å²) >= 11 is 0. The summed E-state index contributed by atoms with van der Waals surface area (Å²) < 4.78 is 33.4. The highest BCUT2D eigenvalue weighted by atomic mass is 32.2. The van der Waals surface area contributed by atoms with Gasteiger partial charge in [-0.3, -0.25) is 4.90 Å². The SMILES string of the molecule is Cc1ccccc1S(=O)(=O)NCC1CCN(Cc2cccc(OCCO)c2)CC1. The Morgan fingerprint density at radius 1 is 1.14 bits per heavy atom. The molecule has 0 spiro atoms. The Labute approximate surface area is 173 Å². The molecule has 1 fully saturated rings. The average Bonchev–Trinajstić information content (AvgIpc) is 2.72. The fourth-order valence-corrected chi connectivity index (χ4v) is 5.03. The molecule has 0 amide bonds. The lowest BCUT2D eigenvalue weighted by atomic mass is 9.97. The van der Waals surface area contributed by atoms with Gasteiger partial charge in [0.1, 0.15) is 12.4 Å². The number of aryl methyl sites for hydroxylation is 1. The van der Waals surface area contributed by atoms with Gasteiger partial charge in [0, 0.05) is 13.1 Å². The van der Waals surface area contributed by atoms with Crippen LogP contribution in [-0.4, -0.2) is 51.3 Å². The number of hydrogen-bond donors (Lipinski definition) is 2. The normalized spacial score (nSPS) is 16.1. The zero-order chi connectivity index (χ0) is 20.7. The third-order valence-corrected chi connectivity index (χ3v) is 6.90. The van der Waals surface area contributed by atoms with Crippen LogP contribution >= 0.6 is 0 Å². The number of sulfonamides is 1. The van der Waals surface area contributed by atoms with Crippen LogP contribution in [0.2, 0.25) is 0 Å². The van der Waals surface area contributed by atoms with Crippen molar-refractivity contribution >= 4 is 10.0 Å². The van der Waals surface area contributed by atoms with Crippen LogP contribution in [0.15, 0.2) is 53.4 Å². The topological polar surface area (TPSA) is 78.9 Å². The van der Waals surface area contributed by atoms with Crippen molar-refractivity contribution in [3.8, 4) is 5.75 Å². The maximum absolute atomic E-state index is 12.6. The van der Waals surface area contributed by atoms with Crippen LogP contribution in [0.5, 0.6) is 5.75 Å². The summed E-state index contributed by atoms with van der Waals surface area (Å²) in [6.45, 7) is 5.33. The average molecular weight is 419 g/mol. The van der Waals surface area contributed by atoms with E-state index in [1.165, 1.54) is 5.56 Å². The van der Waals surface area contributed by atoms with Crippen LogP contribution < -0.4 is 9.46 Å². The van der Waals surface area contributed by atoms with Crippen LogP contribution in [-0.2, 0) is 16.6 Å². The van der Waals surface area contributed by atoms with E-state index in [1.54, 1.807) is 12.1 Å². The maximum atomic E-state index is 12.6. The van der Waals surface area contributed by atoms with Crippen molar-refractivity contribution in [2.45, 2.75) is 31.2 Å². The van der Waals surface area contributed by atoms with Crippen LogP contribution in [0.1, 0.15) is 24.0 Å². The Hall–Kier alpha value is -1.93. The molecule has 6 nitrogen and oxygen atoms in total. The summed E-state index contributed by atoms with van der Waals surface area (Å²) in [5.74, 6) is 1.13. The molecule has 2 aromatic rings.